The fraction of sp³-hybridized carbons (Fsp3) is 0. The van der Waals surface area contributed by atoms with Crippen molar-refractivity contribution in [3.05, 3.63) is 95.5 Å². The van der Waals surface area contributed by atoms with E-state index in [1.165, 1.54) is 65.3 Å². The zero-order valence-corrected chi connectivity index (χ0v) is 17.1. The second-order valence-corrected chi connectivity index (χ2v) is 8.74. The Morgan fingerprint density at radius 1 is 0.414 bits per heavy atom. The minimum Gasteiger partial charge on any atom is -0.0616 e. The van der Waals surface area contributed by atoms with Gasteiger partial charge in [-0.05, 0) is 83.5 Å². The molecule has 0 atom stereocenters. The van der Waals surface area contributed by atoms with E-state index >= 15 is 0 Å². The van der Waals surface area contributed by atoms with Gasteiger partial charge in [-0.1, -0.05) is 88.7 Å². The van der Waals surface area contributed by atoms with E-state index in [9.17, 15) is 0 Å². The molecule has 0 unspecified atom stereocenters. The van der Waals surface area contributed by atoms with Gasteiger partial charge in [0.2, 0.25) is 0 Å². The van der Waals surface area contributed by atoms with Crippen LogP contribution in [0.2, 0.25) is 0 Å². The van der Waals surface area contributed by atoms with E-state index in [-0.39, 0.29) is 0 Å². The quantitative estimate of drug-likeness (QED) is 0.211. The largest absolute Gasteiger partial charge is 0.0616 e. The van der Waals surface area contributed by atoms with Crippen LogP contribution in [0.15, 0.2) is 95.5 Å². The lowest BCUT2D eigenvalue weighted by atomic mass is 9.93. The molecule has 1 aliphatic rings. The molecule has 0 saturated carbocycles. The van der Waals surface area contributed by atoms with E-state index in [0.717, 1.165) is 4.47 Å². The summed E-state index contributed by atoms with van der Waals surface area (Å²) in [5.74, 6) is 0. The molecule has 0 aliphatic heterocycles. The summed E-state index contributed by atoms with van der Waals surface area (Å²) in [6.45, 7) is 0. The summed E-state index contributed by atoms with van der Waals surface area (Å²) in [6.07, 6.45) is 0. The van der Waals surface area contributed by atoms with Gasteiger partial charge >= 0.3 is 0 Å². The first kappa shape index (κ1) is 15.7. The molecule has 0 amide bonds. The maximum atomic E-state index is 3.74. The van der Waals surface area contributed by atoms with Crippen LogP contribution in [0.4, 0.5) is 0 Å². The van der Waals surface area contributed by atoms with Crippen LogP contribution in [0, 0.1) is 0 Å². The summed E-state index contributed by atoms with van der Waals surface area (Å²) in [5, 5.41) is 10.5. The molecule has 7 rings (SSSR count). The van der Waals surface area contributed by atoms with Crippen LogP contribution in [0.1, 0.15) is 0 Å². The highest BCUT2D eigenvalue weighted by Gasteiger charge is 2.23. The van der Waals surface area contributed by atoms with E-state index in [2.05, 4.69) is 107 Å². The maximum absolute atomic E-state index is 3.74. The summed E-state index contributed by atoms with van der Waals surface area (Å²) >= 11 is 3.74. The molecule has 0 heterocycles. The highest BCUT2D eigenvalue weighted by atomic mass is 79.9. The third-order valence-corrected chi connectivity index (χ3v) is 7.14. The number of rotatable bonds is 0. The average molecular weight is 431 g/mol. The SMILES string of the molecule is Brc1ccc2c3c(cccc13)-c1cc3ccc4c5ccccc5ccc4c3cc1-2. The first-order valence-electron chi connectivity index (χ1n) is 9.90. The van der Waals surface area contributed by atoms with Crippen molar-refractivity contribution in [1.82, 2.24) is 0 Å². The molecule has 6 aromatic rings. The third-order valence-electron chi connectivity index (χ3n) is 6.45. The summed E-state index contributed by atoms with van der Waals surface area (Å²) < 4.78 is 1.16. The zero-order chi connectivity index (χ0) is 19.1. The minimum absolute atomic E-state index is 1.16. The van der Waals surface area contributed by atoms with Gasteiger partial charge < -0.3 is 0 Å². The Morgan fingerprint density at radius 2 is 1.14 bits per heavy atom. The number of halogens is 1. The van der Waals surface area contributed by atoms with E-state index in [0.29, 0.717) is 0 Å². The Hall–Kier alpha value is -3.16. The molecule has 0 spiro atoms. The van der Waals surface area contributed by atoms with Gasteiger partial charge in [-0.15, -0.1) is 0 Å². The molecule has 0 N–H and O–H groups in total. The van der Waals surface area contributed by atoms with Crippen molar-refractivity contribution in [3.63, 3.8) is 0 Å². The van der Waals surface area contributed by atoms with Crippen LogP contribution in [0.5, 0.6) is 0 Å². The van der Waals surface area contributed by atoms with E-state index in [4.69, 9.17) is 0 Å². The van der Waals surface area contributed by atoms with Crippen molar-refractivity contribution < 1.29 is 0 Å². The summed E-state index contributed by atoms with van der Waals surface area (Å²) in [4.78, 5) is 0. The molecule has 0 fully saturated rings. The Bertz CT molecular complexity index is 1660. The number of hydrogen-bond donors (Lipinski definition) is 0. The van der Waals surface area contributed by atoms with Crippen LogP contribution in [-0.2, 0) is 0 Å². The van der Waals surface area contributed by atoms with Crippen molar-refractivity contribution >= 4 is 59.0 Å². The minimum atomic E-state index is 1.16. The molecule has 1 heteroatoms. The van der Waals surface area contributed by atoms with Crippen molar-refractivity contribution in [3.8, 4) is 22.3 Å². The van der Waals surface area contributed by atoms with Gasteiger partial charge in [-0.2, -0.15) is 0 Å². The van der Waals surface area contributed by atoms with Gasteiger partial charge in [0.05, 0.1) is 0 Å². The van der Waals surface area contributed by atoms with Crippen LogP contribution >= 0.6 is 15.9 Å². The number of hydrogen-bond acceptors (Lipinski definition) is 0. The van der Waals surface area contributed by atoms with Crippen molar-refractivity contribution in [2.75, 3.05) is 0 Å². The van der Waals surface area contributed by atoms with Crippen molar-refractivity contribution in [1.29, 1.82) is 0 Å². The van der Waals surface area contributed by atoms with Gasteiger partial charge in [0.25, 0.3) is 0 Å². The van der Waals surface area contributed by atoms with Crippen LogP contribution in [-0.4, -0.2) is 0 Å². The zero-order valence-electron chi connectivity index (χ0n) is 15.5. The van der Waals surface area contributed by atoms with Gasteiger partial charge in [0, 0.05) is 4.47 Å². The molecule has 29 heavy (non-hydrogen) atoms. The fourth-order valence-corrected chi connectivity index (χ4v) is 5.60. The first-order valence-corrected chi connectivity index (χ1v) is 10.7. The monoisotopic (exact) mass is 430 g/mol. The van der Waals surface area contributed by atoms with Gasteiger partial charge in [-0.25, -0.2) is 0 Å². The summed E-state index contributed by atoms with van der Waals surface area (Å²) in [7, 11) is 0. The average Bonchev–Trinajstić information content (AvgIpc) is 3.08. The van der Waals surface area contributed by atoms with Crippen LogP contribution in [0.25, 0.3) is 65.3 Å². The molecular weight excluding hydrogens is 416 g/mol. The van der Waals surface area contributed by atoms with Gasteiger partial charge in [0.15, 0.2) is 0 Å². The van der Waals surface area contributed by atoms with Crippen molar-refractivity contribution in [2.24, 2.45) is 0 Å². The first-order chi connectivity index (χ1) is 14.3. The van der Waals surface area contributed by atoms with E-state index in [1.54, 1.807) is 0 Å². The highest BCUT2D eigenvalue weighted by Crippen LogP contribution is 2.50. The maximum Gasteiger partial charge on any atom is 0.0254 e. The Balaban J connectivity index is 1.64. The molecule has 0 saturated heterocycles. The Kier molecular flexibility index (Phi) is 2.96. The number of fused-ring (bicyclic) bond motifs is 8. The van der Waals surface area contributed by atoms with Crippen molar-refractivity contribution in [2.45, 2.75) is 0 Å². The Labute approximate surface area is 176 Å². The molecule has 0 nitrogen and oxygen atoms in total. The molecule has 6 aromatic carbocycles. The van der Waals surface area contributed by atoms with Crippen LogP contribution in [0.3, 0.4) is 0 Å². The number of benzene rings is 6. The summed E-state index contributed by atoms with van der Waals surface area (Å²) in [6, 6.07) is 33.6. The molecule has 1 aliphatic carbocycles. The Morgan fingerprint density at radius 3 is 2.07 bits per heavy atom. The highest BCUT2D eigenvalue weighted by molar-refractivity contribution is 9.10. The smallest absolute Gasteiger partial charge is 0.0254 e. The molecular formula is C28H15Br. The molecule has 134 valence electrons. The predicted octanol–water partition coefficient (Wildman–Crippen LogP) is 8.71. The lowest BCUT2D eigenvalue weighted by Gasteiger charge is -2.10. The van der Waals surface area contributed by atoms with E-state index < -0.39 is 0 Å². The molecule has 0 radical (unpaired) electrons. The van der Waals surface area contributed by atoms with E-state index in [1.807, 2.05) is 0 Å². The topological polar surface area (TPSA) is 0 Å². The van der Waals surface area contributed by atoms with Crippen LogP contribution < -0.4 is 0 Å². The normalized spacial score (nSPS) is 12.3. The standard InChI is InChI=1S/C28H15Br/c29-27-13-12-22-26-15-24-17(14-25(26)21-6-3-7-23(27)28(21)22)9-11-19-18-5-2-1-4-16(18)8-10-20(19)24/h1-15H. The lowest BCUT2D eigenvalue weighted by molar-refractivity contribution is 1.73. The molecule has 0 bridgehead atoms. The van der Waals surface area contributed by atoms with Gasteiger partial charge in [0.1, 0.15) is 0 Å². The molecule has 0 aromatic heterocycles. The van der Waals surface area contributed by atoms with Gasteiger partial charge in [-0.3, -0.25) is 0 Å². The third kappa shape index (κ3) is 1.98. The second kappa shape index (κ2) is 5.46. The second-order valence-electron chi connectivity index (χ2n) is 7.89. The fourth-order valence-electron chi connectivity index (χ4n) is 5.14. The predicted molar refractivity (Wildman–Crippen MR) is 129 cm³/mol. The lowest BCUT2D eigenvalue weighted by Crippen LogP contribution is -1.83. The summed E-state index contributed by atoms with van der Waals surface area (Å²) in [5.41, 5.74) is 5.37.